The summed E-state index contributed by atoms with van der Waals surface area (Å²) in [6.07, 6.45) is 0. The van der Waals surface area contributed by atoms with Crippen molar-refractivity contribution in [3.8, 4) is 0 Å². The maximum absolute atomic E-state index is 12.9. The summed E-state index contributed by atoms with van der Waals surface area (Å²) in [7, 11) is -1.13. The number of carbonyl (C=O) groups is 1. The molecule has 0 spiro atoms. The lowest BCUT2D eigenvalue weighted by molar-refractivity contribution is 0.0921. The number of nitrogens with one attached hydrogen (secondary N) is 1. The number of aryl methyl sites for hydroxylation is 1. The van der Waals surface area contributed by atoms with Crippen LogP contribution in [0.3, 0.4) is 0 Å². The first-order chi connectivity index (χ1) is 13.0. The van der Waals surface area contributed by atoms with Crippen LogP contribution in [0.4, 0.5) is 4.39 Å². The molecule has 1 N–H and O–H groups in total. The number of hydrogen-bond donors (Lipinski definition) is 1. The molecule has 0 aliphatic rings. The number of rotatable bonds is 7. The number of hydrogen-bond acceptors (Lipinski definition) is 3. The molecule has 0 aliphatic carbocycles. The molecule has 0 aliphatic heterocycles. The zero-order valence-corrected chi connectivity index (χ0v) is 15.7. The average Bonchev–Trinajstić information content (AvgIpc) is 3.11. The zero-order valence-electron chi connectivity index (χ0n) is 14.9. The van der Waals surface area contributed by atoms with Crippen molar-refractivity contribution in [2.24, 2.45) is 0 Å². The van der Waals surface area contributed by atoms with E-state index in [0.29, 0.717) is 11.5 Å². The molecule has 0 saturated heterocycles. The van der Waals surface area contributed by atoms with Gasteiger partial charge in [-0.15, -0.1) is 0 Å². The van der Waals surface area contributed by atoms with E-state index in [0.717, 1.165) is 16.7 Å². The fourth-order valence-electron chi connectivity index (χ4n) is 2.53. The Morgan fingerprint density at radius 1 is 0.963 bits per heavy atom. The smallest absolute Gasteiger partial charge is 0.287 e. The number of amides is 1. The summed E-state index contributed by atoms with van der Waals surface area (Å²) in [5.41, 5.74) is 2.95. The summed E-state index contributed by atoms with van der Waals surface area (Å²) in [5.74, 6) is 0.674. The van der Waals surface area contributed by atoms with E-state index < -0.39 is 10.8 Å². The third kappa shape index (κ3) is 5.62. The van der Waals surface area contributed by atoms with Crippen LogP contribution in [0.25, 0.3) is 0 Å². The molecule has 1 unspecified atom stereocenters. The fraction of sp³-hybridized carbons (Fsp3) is 0.190. The van der Waals surface area contributed by atoms with Gasteiger partial charge in [-0.2, -0.15) is 0 Å². The summed E-state index contributed by atoms with van der Waals surface area (Å²) >= 11 is 0. The van der Waals surface area contributed by atoms with Gasteiger partial charge >= 0.3 is 0 Å². The van der Waals surface area contributed by atoms with E-state index in [-0.39, 0.29) is 29.8 Å². The Kier molecular flexibility index (Phi) is 6.19. The molecule has 1 heterocycles. The van der Waals surface area contributed by atoms with Crippen LogP contribution in [0.5, 0.6) is 0 Å². The quantitative estimate of drug-likeness (QED) is 0.666. The van der Waals surface area contributed by atoms with Gasteiger partial charge in [-0.25, -0.2) is 4.39 Å². The molecule has 0 radical (unpaired) electrons. The molecule has 4 nitrogen and oxygen atoms in total. The number of benzene rings is 2. The summed E-state index contributed by atoms with van der Waals surface area (Å²) in [6, 6.07) is 17.0. The highest BCUT2D eigenvalue weighted by Gasteiger charge is 2.13. The van der Waals surface area contributed by atoms with Crippen molar-refractivity contribution in [2.75, 3.05) is 0 Å². The molecule has 3 aromatic rings. The molecular formula is C21H20FNO3S. The van der Waals surface area contributed by atoms with Gasteiger partial charge in [-0.05, 0) is 42.3 Å². The van der Waals surface area contributed by atoms with Crippen molar-refractivity contribution in [2.45, 2.75) is 25.0 Å². The van der Waals surface area contributed by atoms with Gasteiger partial charge in [-0.1, -0.05) is 42.0 Å². The molecule has 2 aromatic carbocycles. The number of halogens is 1. The molecule has 27 heavy (non-hydrogen) atoms. The minimum absolute atomic E-state index is 0.166. The fourth-order valence-corrected chi connectivity index (χ4v) is 3.67. The molecule has 0 fully saturated rings. The molecular weight excluding hydrogens is 365 g/mol. The predicted molar refractivity (Wildman–Crippen MR) is 103 cm³/mol. The summed E-state index contributed by atoms with van der Waals surface area (Å²) in [5, 5.41) is 2.72. The van der Waals surface area contributed by atoms with E-state index in [1.807, 2.05) is 31.2 Å². The van der Waals surface area contributed by atoms with Crippen molar-refractivity contribution in [1.82, 2.24) is 5.32 Å². The highest BCUT2D eigenvalue weighted by Crippen LogP contribution is 2.14. The van der Waals surface area contributed by atoms with Crippen LogP contribution in [-0.2, 0) is 28.9 Å². The van der Waals surface area contributed by atoms with Crippen LogP contribution in [0.15, 0.2) is 65.1 Å². The van der Waals surface area contributed by atoms with Gasteiger partial charge in [0.1, 0.15) is 11.6 Å². The van der Waals surface area contributed by atoms with E-state index in [2.05, 4.69) is 5.32 Å². The Balaban J connectivity index is 1.52. The molecule has 1 aromatic heterocycles. The average molecular weight is 385 g/mol. The highest BCUT2D eigenvalue weighted by molar-refractivity contribution is 7.83. The van der Waals surface area contributed by atoms with Crippen molar-refractivity contribution in [3.05, 3.63) is 94.7 Å². The minimum atomic E-state index is -1.13. The molecule has 140 valence electrons. The first-order valence-corrected chi connectivity index (χ1v) is 10.0. The van der Waals surface area contributed by atoms with Gasteiger partial charge in [-0.3, -0.25) is 9.00 Å². The Morgan fingerprint density at radius 2 is 1.63 bits per heavy atom. The largest absolute Gasteiger partial charge is 0.455 e. The SMILES string of the molecule is Cc1ccc(CS(=O)Cc2ccc(C(=O)NCc3ccc(F)cc3)o2)cc1. The van der Waals surface area contributed by atoms with Gasteiger partial charge in [0.2, 0.25) is 0 Å². The standard InChI is InChI=1S/C21H20FNO3S/c1-15-2-4-17(5-3-15)13-27(25)14-19-10-11-20(26-19)21(24)23-12-16-6-8-18(22)9-7-16/h2-11H,12-14H2,1H3,(H,23,24). The third-order valence-electron chi connectivity index (χ3n) is 4.00. The monoisotopic (exact) mass is 385 g/mol. The lowest BCUT2D eigenvalue weighted by Crippen LogP contribution is -2.22. The van der Waals surface area contributed by atoms with Gasteiger partial charge in [0.25, 0.3) is 5.91 Å². The maximum Gasteiger partial charge on any atom is 0.287 e. The zero-order chi connectivity index (χ0) is 19.2. The molecule has 0 saturated carbocycles. The Bertz CT molecular complexity index is 933. The second-order valence-electron chi connectivity index (χ2n) is 6.29. The summed E-state index contributed by atoms with van der Waals surface area (Å²) < 4.78 is 30.7. The number of furan rings is 1. The topological polar surface area (TPSA) is 59.3 Å². The van der Waals surface area contributed by atoms with Crippen molar-refractivity contribution in [1.29, 1.82) is 0 Å². The molecule has 0 bridgehead atoms. The van der Waals surface area contributed by atoms with Crippen LogP contribution in [0, 0.1) is 12.7 Å². The third-order valence-corrected chi connectivity index (χ3v) is 5.27. The van der Waals surface area contributed by atoms with Gasteiger partial charge in [0.15, 0.2) is 5.76 Å². The van der Waals surface area contributed by atoms with E-state index in [1.54, 1.807) is 24.3 Å². The maximum atomic E-state index is 12.9. The summed E-state index contributed by atoms with van der Waals surface area (Å²) in [4.78, 5) is 12.2. The van der Waals surface area contributed by atoms with Crippen molar-refractivity contribution >= 4 is 16.7 Å². The van der Waals surface area contributed by atoms with Crippen LogP contribution < -0.4 is 5.32 Å². The van der Waals surface area contributed by atoms with Crippen LogP contribution in [0.2, 0.25) is 0 Å². The van der Waals surface area contributed by atoms with Crippen molar-refractivity contribution in [3.63, 3.8) is 0 Å². The van der Waals surface area contributed by atoms with E-state index >= 15 is 0 Å². The second-order valence-corrected chi connectivity index (χ2v) is 7.75. The molecule has 6 heteroatoms. The Hall–Kier alpha value is -2.73. The normalized spacial score (nSPS) is 11.9. The van der Waals surface area contributed by atoms with Crippen molar-refractivity contribution < 1.29 is 17.8 Å². The lowest BCUT2D eigenvalue weighted by Gasteiger charge is -2.04. The molecule has 1 atom stereocenters. The van der Waals surface area contributed by atoms with E-state index in [4.69, 9.17) is 4.42 Å². The first-order valence-electron chi connectivity index (χ1n) is 8.51. The highest BCUT2D eigenvalue weighted by atomic mass is 32.2. The second kappa shape index (κ2) is 8.77. The Morgan fingerprint density at radius 3 is 2.33 bits per heavy atom. The Labute approximate surface area is 159 Å². The predicted octanol–water partition coefficient (Wildman–Crippen LogP) is 4.11. The van der Waals surface area contributed by atoms with Gasteiger partial charge in [0.05, 0.1) is 5.75 Å². The number of carbonyl (C=O) groups excluding carboxylic acids is 1. The van der Waals surface area contributed by atoms with E-state index in [9.17, 15) is 13.4 Å². The minimum Gasteiger partial charge on any atom is -0.455 e. The first kappa shape index (κ1) is 19.0. The van der Waals surface area contributed by atoms with E-state index in [1.165, 1.54) is 12.1 Å². The van der Waals surface area contributed by atoms with Crippen LogP contribution in [-0.4, -0.2) is 10.1 Å². The van der Waals surface area contributed by atoms with Crippen LogP contribution >= 0.6 is 0 Å². The lowest BCUT2D eigenvalue weighted by atomic mass is 10.2. The molecule has 3 rings (SSSR count). The van der Waals surface area contributed by atoms with Crippen LogP contribution in [0.1, 0.15) is 33.0 Å². The van der Waals surface area contributed by atoms with Gasteiger partial charge < -0.3 is 9.73 Å². The molecule has 1 amide bonds. The van der Waals surface area contributed by atoms with Gasteiger partial charge in [0, 0.05) is 23.1 Å². The summed E-state index contributed by atoms with van der Waals surface area (Å²) in [6.45, 7) is 2.28.